The van der Waals surface area contributed by atoms with Crippen LogP contribution in [-0.4, -0.2) is 4.98 Å². The van der Waals surface area contributed by atoms with E-state index < -0.39 is 7.60 Å². The molecule has 156 valence electrons. The molecule has 0 aliphatic carbocycles. The molecule has 1 heterocycles. The largest absolute Gasteiger partial charge is 0.462 e. The van der Waals surface area contributed by atoms with Gasteiger partial charge in [-0.2, -0.15) is 0 Å². The molecular formula is C27H20NO3P. The molecule has 4 nitrogen and oxygen atoms in total. The van der Waals surface area contributed by atoms with Crippen LogP contribution >= 0.6 is 7.60 Å². The van der Waals surface area contributed by atoms with Crippen molar-refractivity contribution in [3.8, 4) is 22.8 Å². The highest BCUT2D eigenvalue weighted by Crippen LogP contribution is 2.48. The van der Waals surface area contributed by atoms with Crippen molar-refractivity contribution < 1.29 is 13.6 Å². The van der Waals surface area contributed by atoms with E-state index in [0.29, 0.717) is 16.8 Å². The van der Waals surface area contributed by atoms with E-state index in [1.54, 1.807) is 36.5 Å². The SMILES string of the molecule is O=P(Oc1ccccc1)(Oc1ccccc1)c1cccc(-c2nccc3ccccc23)c1. The second kappa shape index (κ2) is 8.70. The molecule has 5 rings (SSSR count). The zero-order valence-corrected chi connectivity index (χ0v) is 18.1. The third-order valence-electron chi connectivity index (χ3n) is 5.05. The van der Waals surface area contributed by atoms with Gasteiger partial charge < -0.3 is 9.05 Å². The zero-order chi connectivity index (χ0) is 21.8. The van der Waals surface area contributed by atoms with Crippen molar-refractivity contribution in [1.29, 1.82) is 0 Å². The number of pyridine rings is 1. The summed E-state index contributed by atoms with van der Waals surface area (Å²) >= 11 is 0. The second-order valence-corrected chi connectivity index (χ2v) is 9.11. The molecule has 0 saturated heterocycles. The van der Waals surface area contributed by atoms with Crippen molar-refractivity contribution in [2.75, 3.05) is 0 Å². The molecule has 0 spiro atoms. The Morgan fingerprint density at radius 2 is 1.25 bits per heavy atom. The molecule has 0 aliphatic heterocycles. The molecular weight excluding hydrogens is 417 g/mol. The number of hydrogen-bond acceptors (Lipinski definition) is 4. The Hall–Kier alpha value is -3.88. The van der Waals surface area contributed by atoms with Crippen LogP contribution in [0.1, 0.15) is 0 Å². The average molecular weight is 437 g/mol. The van der Waals surface area contributed by atoms with Crippen LogP contribution in [0.3, 0.4) is 0 Å². The fourth-order valence-corrected chi connectivity index (χ4v) is 5.15. The minimum absolute atomic E-state index is 0.456. The lowest BCUT2D eigenvalue weighted by atomic mass is 10.0. The predicted molar refractivity (Wildman–Crippen MR) is 129 cm³/mol. The van der Waals surface area contributed by atoms with Gasteiger partial charge in [0.25, 0.3) is 0 Å². The van der Waals surface area contributed by atoms with Gasteiger partial charge in [0.2, 0.25) is 0 Å². The summed E-state index contributed by atoms with van der Waals surface area (Å²) in [6.45, 7) is 0. The van der Waals surface area contributed by atoms with E-state index in [1.165, 1.54) is 0 Å². The smallest absolute Gasteiger partial charge is 0.413 e. The second-order valence-electron chi connectivity index (χ2n) is 7.24. The summed E-state index contributed by atoms with van der Waals surface area (Å²) in [4.78, 5) is 4.60. The molecule has 0 bridgehead atoms. The van der Waals surface area contributed by atoms with E-state index in [0.717, 1.165) is 22.0 Å². The quantitative estimate of drug-likeness (QED) is 0.272. The lowest BCUT2D eigenvalue weighted by Gasteiger charge is -2.21. The molecule has 1 aromatic heterocycles. The summed E-state index contributed by atoms with van der Waals surface area (Å²) in [5.41, 5.74) is 1.66. The van der Waals surface area contributed by atoms with E-state index in [9.17, 15) is 4.57 Å². The van der Waals surface area contributed by atoms with Crippen LogP contribution in [0.15, 0.2) is 121 Å². The van der Waals surface area contributed by atoms with E-state index in [-0.39, 0.29) is 0 Å². The number of para-hydroxylation sites is 2. The highest BCUT2D eigenvalue weighted by Gasteiger charge is 2.32. The Morgan fingerprint density at radius 3 is 1.94 bits per heavy atom. The molecule has 0 N–H and O–H groups in total. The van der Waals surface area contributed by atoms with Crippen LogP contribution in [0.25, 0.3) is 22.0 Å². The first-order valence-electron chi connectivity index (χ1n) is 10.3. The molecule has 0 unspecified atom stereocenters. The first-order valence-corrected chi connectivity index (χ1v) is 11.8. The van der Waals surface area contributed by atoms with Gasteiger partial charge in [-0.3, -0.25) is 4.98 Å². The number of benzene rings is 4. The summed E-state index contributed by atoms with van der Waals surface area (Å²) in [7, 11) is -3.75. The van der Waals surface area contributed by atoms with Gasteiger partial charge in [0.05, 0.1) is 11.0 Å². The van der Waals surface area contributed by atoms with Gasteiger partial charge in [-0.05, 0) is 47.9 Å². The maximum Gasteiger partial charge on any atom is 0.462 e. The van der Waals surface area contributed by atoms with Gasteiger partial charge in [-0.1, -0.05) is 72.8 Å². The fourth-order valence-electron chi connectivity index (χ4n) is 3.54. The van der Waals surface area contributed by atoms with Crippen molar-refractivity contribution in [2.24, 2.45) is 0 Å². The lowest BCUT2D eigenvalue weighted by molar-refractivity contribution is 0.399. The Morgan fingerprint density at radius 1 is 0.625 bits per heavy atom. The van der Waals surface area contributed by atoms with Crippen molar-refractivity contribution >= 4 is 23.7 Å². The first-order chi connectivity index (χ1) is 15.7. The summed E-state index contributed by atoms with van der Waals surface area (Å²) < 4.78 is 26.1. The van der Waals surface area contributed by atoms with Crippen molar-refractivity contribution in [3.63, 3.8) is 0 Å². The molecule has 4 aromatic carbocycles. The summed E-state index contributed by atoms with van der Waals surface area (Å²) in [5, 5.41) is 2.57. The topological polar surface area (TPSA) is 48.4 Å². The number of rotatable bonds is 6. The van der Waals surface area contributed by atoms with Crippen LogP contribution in [0, 0.1) is 0 Å². The van der Waals surface area contributed by atoms with Gasteiger partial charge in [0.1, 0.15) is 11.5 Å². The Kier molecular flexibility index (Phi) is 5.45. The standard InChI is InChI=1S/C27H20NO3P/c29-32(30-23-12-3-1-4-13-23,31-24-14-5-2-6-15-24)25-16-9-11-22(20-25)27-26-17-8-7-10-21(26)18-19-28-27/h1-20H. The molecule has 5 heteroatoms. The number of fused-ring (bicyclic) bond motifs is 1. The Labute approximate surface area is 186 Å². The maximum atomic E-state index is 14.1. The molecule has 32 heavy (non-hydrogen) atoms. The van der Waals surface area contributed by atoms with E-state index >= 15 is 0 Å². The third-order valence-corrected chi connectivity index (χ3v) is 6.86. The van der Waals surface area contributed by atoms with Gasteiger partial charge in [0, 0.05) is 17.1 Å². The summed E-state index contributed by atoms with van der Waals surface area (Å²) in [6, 6.07) is 35.6. The van der Waals surface area contributed by atoms with E-state index in [2.05, 4.69) is 4.98 Å². The van der Waals surface area contributed by atoms with Crippen LogP contribution in [0.4, 0.5) is 0 Å². The monoisotopic (exact) mass is 437 g/mol. The van der Waals surface area contributed by atoms with Gasteiger partial charge >= 0.3 is 7.60 Å². The van der Waals surface area contributed by atoms with E-state index in [1.807, 2.05) is 84.9 Å². The molecule has 0 aliphatic rings. The van der Waals surface area contributed by atoms with Crippen molar-refractivity contribution in [2.45, 2.75) is 0 Å². The summed E-state index contributed by atoms with van der Waals surface area (Å²) in [6.07, 6.45) is 1.78. The molecule has 0 fully saturated rings. The van der Waals surface area contributed by atoms with Gasteiger partial charge in [-0.25, -0.2) is 4.57 Å². The molecule has 0 atom stereocenters. The highest BCUT2D eigenvalue weighted by atomic mass is 31.2. The number of hydrogen-bond donors (Lipinski definition) is 0. The van der Waals surface area contributed by atoms with Crippen molar-refractivity contribution in [1.82, 2.24) is 4.98 Å². The van der Waals surface area contributed by atoms with Crippen molar-refractivity contribution in [3.05, 3.63) is 121 Å². The van der Waals surface area contributed by atoms with Gasteiger partial charge in [0.15, 0.2) is 0 Å². The maximum absolute atomic E-state index is 14.1. The fraction of sp³-hybridized carbons (Fsp3) is 0. The van der Waals surface area contributed by atoms with Crippen LogP contribution < -0.4 is 14.4 Å². The predicted octanol–water partition coefficient (Wildman–Crippen LogP) is 6.88. The molecule has 5 aromatic rings. The molecule has 0 saturated carbocycles. The Balaban J connectivity index is 1.61. The number of nitrogens with zero attached hydrogens (tertiary/aromatic N) is 1. The highest BCUT2D eigenvalue weighted by molar-refractivity contribution is 7.63. The normalized spacial score (nSPS) is 11.2. The minimum atomic E-state index is -3.75. The van der Waals surface area contributed by atoms with Crippen LogP contribution in [-0.2, 0) is 4.57 Å². The summed E-state index contributed by atoms with van der Waals surface area (Å²) in [5.74, 6) is 0.945. The first kappa shape index (κ1) is 20.0. The van der Waals surface area contributed by atoms with Crippen LogP contribution in [0.2, 0.25) is 0 Å². The molecule has 0 radical (unpaired) electrons. The average Bonchev–Trinajstić information content (AvgIpc) is 2.85. The third kappa shape index (κ3) is 4.14. The van der Waals surface area contributed by atoms with Crippen LogP contribution in [0.5, 0.6) is 11.5 Å². The minimum Gasteiger partial charge on any atom is -0.413 e. The van der Waals surface area contributed by atoms with Gasteiger partial charge in [-0.15, -0.1) is 0 Å². The number of aromatic nitrogens is 1. The lowest BCUT2D eigenvalue weighted by Crippen LogP contribution is -2.15. The Bertz CT molecular complexity index is 1350. The zero-order valence-electron chi connectivity index (χ0n) is 17.2. The molecule has 0 amide bonds. The van der Waals surface area contributed by atoms with E-state index in [4.69, 9.17) is 9.05 Å².